The number of sulfone groups is 1. The monoisotopic (exact) mass is 244 g/mol. The minimum atomic E-state index is -3.53. The number of aliphatic hydroxyl groups excluding tert-OH is 1. The van der Waals surface area contributed by atoms with E-state index in [2.05, 4.69) is 0 Å². The molecule has 0 amide bonds. The van der Waals surface area contributed by atoms with Crippen LogP contribution in [0.1, 0.15) is 10.4 Å². The molecule has 0 aliphatic heterocycles. The van der Waals surface area contributed by atoms with Gasteiger partial charge in [0.2, 0.25) is 0 Å². The number of hydrogen-bond acceptors (Lipinski definition) is 5. The van der Waals surface area contributed by atoms with Crippen LogP contribution in [0.15, 0.2) is 23.1 Å². The van der Waals surface area contributed by atoms with E-state index in [4.69, 9.17) is 9.84 Å². The fourth-order valence-electron chi connectivity index (χ4n) is 1.25. The van der Waals surface area contributed by atoms with Crippen molar-refractivity contribution >= 4 is 15.6 Å². The fourth-order valence-corrected chi connectivity index (χ4v) is 2.16. The number of ketones is 1. The van der Waals surface area contributed by atoms with Gasteiger partial charge in [-0.25, -0.2) is 8.42 Å². The molecule has 0 saturated carbocycles. The van der Waals surface area contributed by atoms with E-state index < -0.39 is 22.2 Å². The maximum absolute atomic E-state index is 11.5. The number of hydrogen-bond donors (Lipinski definition) is 1. The van der Waals surface area contributed by atoms with Crippen molar-refractivity contribution in [2.75, 3.05) is 20.0 Å². The van der Waals surface area contributed by atoms with Crippen LogP contribution in [0.25, 0.3) is 0 Å². The Kier molecular flexibility index (Phi) is 3.66. The molecule has 0 aromatic heterocycles. The van der Waals surface area contributed by atoms with Gasteiger partial charge in [0.25, 0.3) is 0 Å². The maximum atomic E-state index is 11.5. The highest BCUT2D eigenvalue weighted by atomic mass is 32.2. The molecule has 0 spiro atoms. The average Bonchev–Trinajstić information content (AvgIpc) is 2.26. The van der Waals surface area contributed by atoms with Gasteiger partial charge in [-0.05, 0) is 18.2 Å². The molecule has 0 atom stereocenters. The Morgan fingerprint density at radius 1 is 1.44 bits per heavy atom. The van der Waals surface area contributed by atoms with Crippen molar-refractivity contribution < 1.29 is 23.1 Å². The first-order valence-corrected chi connectivity index (χ1v) is 6.31. The zero-order valence-electron chi connectivity index (χ0n) is 8.93. The number of methoxy groups -OCH3 is 1. The van der Waals surface area contributed by atoms with Crippen LogP contribution in [0.4, 0.5) is 0 Å². The molecule has 1 aromatic carbocycles. The van der Waals surface area contributed by atoms with Gasteiger partial charge < -0.3 is 9.84 Å². The van der Waals surface area contributed by atoms with Crippen LogP contribution in [0.5, 0.6) is 5.75 Å². The van der Waals surface area contributed by atoms with Crippen molar-refractivity contribution in [3.63, 3.8) is 0 Å². The summed E-state index contributed by atoms with van der Waals surface area (Å²) in [6.07, 6.45) is 0.996. The normalized spacial score (nSPS) is 11.2. The highest BCUT2D eigenvalue weighted by molar-refractivity contribution is 7.90. The van der Waals surface area contributed by atoms with Crippen molar-refractivity contribution in [3.05, 3.63) is 23.8 Å². The summed E-state index contributed by atoms with van der Waals surface area (Å²) in [5, 5.41) is 8.73. The Morgan fingerprint density at radius 3 is 2.50 bits per heavy atom. The SMILES string of the molecule is COc1ccc(C(=O)CO)c(S(C)(=O)=O)c1. The van der Waals surface area contributed by atoms with E-state index in [1.54, 1.807) is 0 Å². The molecule has 0 fully saturated rings. The molecule has 0 aliphatic rings. The second kappa shape index (κ2) is 4.63. The average molecular weight is 244 g/mol. The minimum absolute atomic E-state index is 0.0224. The van der Waals surface area contributed by atoms with Crippen LogP contribution in [0, 0.1) is 0 Å². The van der Waals surface area contributed by atoms with E-state index in [0.717, 1.165) is 6.26 Å². The Balaban J connectivity index is 3.45. The molecule has 0 bridgehead atoms. The van der Waals surface area contributed by atoms with Crippen LogP contribution in [-0.4, -0.2) is 39.3 Å². The van der Waals surface area contributed by atoms with Crippen LogP contribution in [0.2, 0.25) is 0 Å². The van der Waals surface area contributed by atoms with Crippen molar-refractivity contribution in [1.29, 1.82) is 0 Å². The molecule has 6 heteroatoms. The van der Waals surface area contributed by atoms with E-state index in [9.17, 15) is 13.2 Å². The van der Waals surface area contributed by atoms with E-state index in [1.807, 2.05) is 0 Å². The molecule has 0 heterocycles. The van der Waals surface area contributed by atoms with E-state index in [0.29, 0.717) is 5.75 Å². The molecular weight excluding hydrogens is 232 g/mol. The quantitative estimate of drug-likeness (QED) is 0.769. The van der Waals surface area contributed by atoms with E-state index in [1.165, 1.54) is 25.3 Å². The van der Waals surface area contributed by atoms with Gasteiger partial charge in [-0.1, -0.05) is 0 Å². The molecule has 0 aliphatic carbocycles. The number of carbonyl (C=O) groups is 1. The lowest BCUT2D eigenvalue weighted by Gasteiger charge is -2.08. The van der Waals surface area contributed by atoms with Crippen molar-refractivity contribution in [1.82, 2.24) is 0 Å². The first-order chi connectivity index (χ1) is 7.40. The summed E-state index contributed by atoms with van der Waals surface area (Å²) in [4.78, 5) is 11.2. The predicted octanol–water partition coefficient (Wildman–Crippen LogP) is 0.274. The predicted molar refractivity (Wildman–Crippen MR) is 57.5 cm³/mol. The summed E-state index contributed by atoms with van der Waals surface area (Å²) in [7, 11) is -2.14. The Hall–Kier alpha value is -1.40. The molecule has 1 N–H and O–H groups in total. The van der Waals surface area contributed by atoms with Gasteiger partial charge in [0.1, 0.15) is 12.4 Å². The lowest BCUT2D eigenvalue weighted by Crippen LogP contribution is -2.11. The number of ether oxygens (including phenoxy) is 1. The van der Waals surface area contributed by atoms with Gasteiger partial charge >= 0.3 is 0 Å². The van der Waals surface area contributed by atoms with Gasteiger partial charge in [0.15, 0.2) is 15.6 Å². The minimum Gasteiger partial charge on any atom is -0.497 e. The highest BCUT2D eigenvalue weighted by Crippen LogP contribution is 2.22. The Morgan fingerprint density at radius 2 is 2.06 bits per heavy atom. The van der Waals surface area contributed by atoms with Gasteiger partial charge in [0.05, 0.1) is 12.0 Å². The molecule has 0 unspecified atom stereocenters. The molecule has 0 saturated heterocycles. The van der Waals surface area contributed by atoms with Gasteiger partial charge in [-0.2, -0.15) is 0 Å². The molecule has 0 radical (unpaired) electrons. The third-order valence-electron chi connectivity index (χ3n) is 2.03. The number of carbonyl (C=O) groups excluding carboxylic acids is 1. The second-order valence-corrected chi connectivity index (χ2v) is 5.20. The Labute approximate surface area is 93.6 Å². The van der Waals surface area contributed by atoms with Crippen molar-refractivity contribution in [2.45, 2.75) is 4.90 Å². The molecule has 1 aromatic rings. The van der Waals surface area contributed by atoms with Crippen LogP contribution in [-0.2, 0) is 9.84 Å². The summed E-state index contributed by atoms with van der Waals surface area (Å²) < 4.78 is 27.8. The first kappa shape index (κ1) is 12.7. The number of aliphatic hydroxyl groups is 1. The van der Waals surface area contributed by atoms with Gasteiger partial charge in [-0.15, -0.1) is 0 Å². The van der Waals surface area contributed by atoms with Gasteiger partial charge in [0, 0.05) is 11.8 Å². The number of benzene rings is 1. The molecular formula is C10H12O5S. The third-order valence-corrected chi connectivity index (χ3v) is 3.17. The summed E-state index contributed by atoms with van der Waals surface area (Å²) in [5.74, 6) is -0.294. The molecule has 1 rings (SSSR count). The second-order valence-electron chi connectivity index (χ2n) is 3.22. The summed E-state index contributed by atoms with van der Waals surface area (Å²) in [5.41, 5.74) is -0.0224. The fraction of sp³-hybridized carbons (Fsp3) is 0.300. The largest absolute Gasteiger partial charge is 0.497 e. The molecule has 5 nitrogen and oxygen atoms in total. The standard InChI is InChI=1S/C10H12O5S/c1-15-7-3-4-8(9(12)6-11)10(5-7)16(2,13)14/h3-5,11H,6H2,1-2H3. The molecule has 16 heavy (non-hydrogen) atoms. The molecule has 88 valence electrons. The van der Waals surface area contributed by atoms with Crippen molar-refractivity contribution in [2.24, 2.45) is 0 Å². The van der Waals surface area contributed by atoms with Crippen molar-refractivity contribution in [3.8, 4) is 5.75 Å². The van der Waals surface area contributed by atoms with Gasteiger partial charge in [-0.3, -0.25) is 4.79 Å². The maximum Gasteiger partial charge on any atom is 0.189 e. The number of Topliss-reactive ketones (excluding diaryl/α,β-unsaturated/α-hetero) is 1. The first-order valence-electron chi connectivity index (χ1n) is 4.42. The topological polar surface area (TPSA) is 80.7 Å². The third kappa shape index (κ3) is 2.59. The van der Waals surface area contributed by atoms with Crippen LogP contribution < -0.4 is 4.74 Å². The lowest BCUT2D eigenvalue weighted by atomic mass is 10.1. The zero-order chi connectivity index (χ0) is 12.3. The summed E-state index contributed by atoms with van der Waals surface area (Å²) in [6.45, 7) is -0.727. The highest BCUT2D eigenvalue weighted by Gasteiger charge is 2.18. The van der Waals surface area contributed by atoms with Crippen LogP contribution >= 0.6 is 0 Å². The van der Waals surface area contributed by atoms with E-state index in [-0.39, 0.29) is 10.5 Å². The number of rotatable bonds is 4. The Bertz CT molecular complexity index is 504. The summed E-state index contributed by atoms with van der Waals surface area (Å²) in [6, 6.07) is 4.06. The lowest BCUT2D eigenvalue weighted by molar-refractivity contribution is 0.0900. The zero-order valence-corrected chi connectivity index (χ0v) is 9.74. The van der Waals surface area contributed by atoms with E-state index >= 15 is 0 Å². The smallest absolute Gasteiger partial charge is 0.189 e. The van der Waals surface area contributed by atoms with Crippen LogP contribution in [0.3, 0.4) is 0 Å². The summed E-state index contributed by atoms with van der Waals surface area (Å²) >= 11 is 0.